The molecule has 132 valence electrons. The number of methoxy groups -OCH3 is 1. The highest BCUT2D eigenvalue weighted by Gasteiger charge is 2.12. The van der Waals surface area contributed by atoms with Crippen molar-refractivity contribution in [2.45, 2.75) is 13.0 Å². The number of fused-ring (bicyclic) bond motifs is 1. The van der Waals surface area contributed by atoms with Gasteiger partial charge in [0.15, 0.2) is 0 Å². The van der Waals surface area contributed by atoms with Gasteiger partial charge in [-0.05, 0) is 53.9 Å². The number of rotatable bonds is 4. The zero-order valence-electron chi connectivity index (χ0n) is 14.7. The Hall–Kier alpha value is -2.92. The van der Waals surface area contributed by atoms with Crippen molar-refractivity contribution in [3.63, 3.8) is 0 Å². The number of hydrogen-bond acceptors (Lipinski definition) is 4. The van der Waals surface area contributed by atoms with Crippen LogP contribution in [0, 0.1) is 0 Å². The summed E-state index contributed by atoms with van der Waals surface area (Å²) in [5.41, 5.74) is 5.32. The van der Waals surface area contributed by atoms with E-state index in [-0.39, 0.29) is 5.97 Å². The monoisotopic (exact) mass is 347 g/mol. The van der Waals surface area contributed by atoms with Gasteiger partial charge >= 0.3 is 5.97 Å². The molecule has 0 amide bonds. The first kappa shape index (κ1) is 16.5. The number of carbonyl (C=O) groups excluding carboxylic acids is 1. The number of pyridine rings is 1. The van der Waals surface area contributed by atoms with Gasteiger partial charge in [-0.1, -0.05) is 18.2 Å². The molecule has 0 saturated carbocycles. The number of hydrogen-bond donors (Lipinski definition) is 1. The lowest BCUT2D eigenvalue weighted by atomic mass is 9.99. The predicted molar refractivity (Wildman–Crippen MR) is 102 cm³/mol. The molecule has 0 atom stereocenters. The molecule has 1 aliphatic rings. The molecule has 26 heavy (non-hydrogen) atoms. The van der Waals surface area contributed by atoms with Crippen LogP contribution >= 0.6 is 0 Å². The second-order valence-corrected chi connectivity index (χ2v) is 6.41. The molecule has 1 N–H and O–H groups in total. The average molecular weight is 347 g/mol. The van der Waals surface area contributed by atoms with Crippen molar-refractivity contribution in [3.05, 3.63) is 71.6 Å². The highest BCUT2D eigenvalue weighted by atomic mass is 16.5. The van der Waals surface area contributed by atoms with Gasteiger partial charge in [0.1, 0.15) is 5.65 Å². The van der Waals surface area contributed by atoms with E-state index in [1.54, 1.807) is 12.1 Å². The summed E-state index contributed by atoms with van der Waals surface area (Å²) in [6, 6.07) is 11.8. The van der Waals surface area contributed by atoms with Gasteiger partial charge in [0.05, 0.1) is 12.7 Å². The van der Waals surface area contributed by atoms with Gasteiger partial charge in [-0.2, -0.15) is 0 Å². The van der Waals surface area contributed by atoms with Gasteiger partial charge < -0.3 is 14.6 Å². The van der Waals surface area contributed by atoms with E-state index in [0.717, 1.165) is 30.7 Å². The minimum Gasteiger partial charge on any atom is -0.465 e. The third-order valence-corrected chi connectivity index (χ3v) is 4.80. The molecule has 0 bridgehead atoms. The number of benzene rings is 1. The summed E-state index contributed by atoms with van der Waals surface area (Å²) in [5.74, 6) is -0.315. The topological polar surface area (TPSA) is 56.1 Å². The fourth-order valence-electron chi connectivity index (χ4n) is 3.43. The fourth-order valence-corrected chi connectivity index (χ4v) is 3.43. The molecule has 3 aromatic rings. The Morgan fingerprint density at radius 1 is 1.23 bits per heavy atom. The summed E-state index contributed by atoms with van der Waals surface area (Å²) in [7, 11) is 1.39. The summed E-state index contributed by atoms with van der Waals surface area (Å²) in [4.78, 5) is 16.2. The number of nitrogens with zero attached hydrogens (tertiary/aromatic N) is 2. The van der Waals surface area contributed by atoms with E-state index >= 15 is 0 Å². The molecule has 0 unspecified atom stereocenters. The first-order valence-corrected chi connectivity index (χ1v) is 8.77. The summed E-state index contributed by atoms with van der Waals surface area (Å²) in [6.45, 7) is 2.65. The Kier molecular flexibility index (Phi) is 4.54. The molecule has 0 fully saturated rings. The fraction of sp³-hybridized carbons (Fsp3) is 0.238. The lowest BCUT2D eigenvalue weighted by molar-refractivity contribution is 0.0600. The second-order valence-electron chi connectivity index (χ2n) is 6.41. The zero-order valence-corrected chi connectivity index (χ0v) is 14.7. The summed E-state index contributed by atoms with van der Waals surface area (Å²) >= 11 is 0. The number of carbonyl (C=O) groups is 1. The first-order valence-electron chi connectivity index (χ1n) is 8.77. The van der Waals surface area contributed by atoms with Crippen molar-refractivity contribution in [2.75, 3.05) is 20.2 Å². The van der Waals surface area contributed by atoms with Gasteiger partial charge in [0.25, 0.3) is 0 Å². The van der Waals surface area contributed by atoms with Crippen LogP contribution in [-0.2, 0) is 11.3 Å². The quantitative estimate of drug-likeness (QED) is 0.736. The Morgan fingerprint density at radius 3 is 2.81 bits per heavy atom. The SMILES string of the molecule is COC(=O)c1ccc(Cn2ccc3c(C4=CCNCC4)ccnc32)cc1. The summed E-state index contributed by atoms with van der Waals surface area (Å²) in [5, 5.41) is 4.54. The van der Waals surface area contributed by atoms with Crippen LogP contribution in [0.2, 0.25) is 0 Å². The molecule has 4 rings (SSSR count). The number of ether oxygens (including phenoxy) is 1. The predicted octanol–water partition coefficient (Wildman–Crippen LogP) is 3.25. The van der Waals surface area contributed by atoms with Crippen LogP contribution in [0.4, 0.5) is 0 Å². The molecule has 2 aromatic heterocycles. The van der Waals surface area contributed by atoms with E-state index in [2.05, 4.69) is 39.3 Å². The van der Waals surface area contributed by atoms with E-state index in [1.807, 2.05) is 18.3 Å². The lowest BCUT2D eigenvalue weighted by Crippen LogP contribution is -2.20. The van der Waals surface area contributed by atoms with Gasteiger partial charge in [0, 0.05) is 30.9 Å². The maximum atomic E-state index is 11.6. The molecule has 1 aromatic carbocycles. The van der Waals surface area contributed by atoms with Crippen LogP contribution in [0.25, 0.3) is 16.6 Å². The normalized spacial score (nSPS) is 14.3. The molecular weight excluding hydrogens is 326 g/mol. The molecule has 3 heterocycles. The Balaban J connectivity index is 1.63. The van der Waals surface area contributed by atoms with Crippen molar-refractivity contribution >= 4 is 22.6 Å². The molecular formula is C21H21N3O2. The van der Waals surface area contributed by atoms with E-state index in [1.165, 1.54) is 23.6 Å². The minimum absolute atomic E-state index is 0.315. The van der Waals surface area contributed by atoms with Crippen LogP contribution in [0.1, 0.15) is 27.9 Å². The van der Waals surface area contributed by atoms with Crippen LogP contribution in [0.3, 0.4) is 0 Å². The maximum Gasteiger partial charge on any atom is 0.337 e. The van der Waals surface area contributed by atoms with Gasteiger partial charge in [-0.15, -0.1) is 0 Å². The summed E-state index contributed by atoms with van der Waals surface area (Å²) < 4.78 is 6.89. The highest BCUT2D eigenvalue weighted by Crippen LogP contribution is 2.28. The van der Waals surface area contributed by atoms with Crippen LogP contribution in [0.5, 0.6) is 0 Å². The van der Waals surface area contributed by atoms with Crippen LogP contribution in [0.15, 0.2) is 54.9 Å². The van der Waals surface area contributed by atoms with E-state index in [9.17, 15) is 4.79 Å². The van der Waals surface area contributed by atoms with Gasteiger partial charge in [-0.25, -0.2) is 9.78 Å². The van der Waals surface area contributed by atoms with Crippen molar-refractivity contribution in [3.8, 4) is 0 Å². The molecule has 0 spiro atoms. The number of esters is 1. The third kappa shape index (κ3) is 3.13. The molecule has 0 radical (unpaired) electrons. The Labute approximate surface area is 152 Å². The Bertz CT molecular complexity index is 971. The molecule has 5 heteroatoms. The van der Waals surface area contributed by atoms with E-state index < -0.39 is 0 Å². The Morgan fingerprint density at radius 2 is 2.08 bits per heavy atom. The van der Waals surface area contributed by atoms with Crippen molar-refractivity contribution in [1.29, 1.82) is 0 Å². The van der Waals surface area contributed by atoms with Gasteiger partial charge in [0.2, 0.25) is 0 Å². The average Bonchev–Trinajstić information content (AvgIpc) is 3.11. The van der Waals surface area contributed by atoms with Crippen molar-refractivity contribution in [1.82, 2.24) is 14.9 Å². The minimum atomic E-state index is -0.315. The largest absolute Gasteiger partial charge is 0.465 e. The zero-order chi connectivity index (χ0) is 17.9. The smallest absolute Gasteiger partial charge is 0.337 e. The summed E-state index contributed by atoms with van der Waals surface area (Å²) in [6.07, 6.45) is 7.27. The van der Waals surface area contributed by atoms with E-state index in [4.69, 9.17) is 4.74 Å². The molecule has 0 aliphatic carbocycles. The maximum absolute atomic E-state index is 11.6. The second kappa shape index (κ2) is 7.14. The van der Waals surface area contributed by atoms with Crippen LogP contribution in [-0.4, -0.2) is 35.7 Å². The molecule has 0 saturated heterocycles. The molecule has 1 aliphatic heterocycles. The van der Waals surface area contributed by atoms with E-state index in [0.29, 0.717) is 12.1 Å². The van der Waals surface area contributed by atoms with Crippen LogP contribution < -0.4 is 5.32 Å². The number of aromatic nitrogens is 2. The third-order valence-electron chi connectivity index (χ3n) is 4.80. The van der Waals surface area contributed by atoms with Crippen molar-refractivity contribution in [2.24, 2.45) is 0 Å². The lowest BCUT2D eigenvalue weighted by Gasteiger charge is -2.15. The van der Waals surface area contributed by atoms with Crippen molar-refractivity contribution < 1.29 is 9.53 Å². The van der Waals surface area contributed by atoms with Gasteiger partial charge in [-0.3, -0.25) is 0 Å². The highest BCUT2D eigenvalue weighted by molar-refractivity contribution is 5.91. The first-order chi connectivity index (χ1) is 12.8. The molecule has 5 nitrogen and oxygen atoms in total. The standard InChI is InChI=1S/C21H21N3O2/c1-26-21(25)17-4-2-15(3-5-17)14-24-13-9-19-18(8-12-23-20(19)24)16-6-10-22-11-7-16/h2-6,8-9,12-13,22H,7,10-11,14H2,1H3. The number of nitrogens with one attached hydrogen (secondary N) is 1.